The van der Waals surface area contributed by atoms with Gasteiger partial charge in [0, 0.05) is 22.3 Å². The van der Waals surface area contributed by atoms with Crippen LogP contribution in [0.2, 0.25) is 5.15 Å². The summed E-state index contributed by atoms with van der Waals surface area (Å²) in [4.78, 5) is 4.59. The van der Waals surface area contributed by atoms with Gasteiger partial charge in [0.15, 0.2) is 0 Å². The second-order valence-corrected chi connectivity index (χ2v) is 7.33. The van der Waals surface area contributed by atoms with Crippen LogP contribution in [0.4, 0.5) is 0 Å². The van der Waals surface area contributed by atoms with Crippen LogP contribution in [0.25, 0.3) is 22.4 Å². The average Bonchev–Trinajstić information content (AvgIpc) is 3.14. The molecule has 4 rings (SSSR count). The SMILES string of the molecule is Cc1ccc2cc(CSc3nnc(-c4ccccc4)o3)c(Cl)nc2c1C. The summed E-state index contributed by atoms with van der Waals surface area (Å²) >= 11 is 7.86. The van der Waals surface area contributed by atoms with Crippen LogP contribution in [-0.2, 0) is 5.75 Å². The minimum absolute atomic E-state index is 0.514. The highest BCUT2D eigenvalue weighted by atomic mass is 35.5. The van der Waals surface area contributed by atoms with E-state index in [0.717, 1.165) is 27.6 Å². The maximum atomic E-state index is 6.40. The molecular formula is C20H16ClN3OS. The second kappa shape index (κ2) is 7.09. The number of aryl methyl sites for hydroxylation is 2. The Hall–Kier alpha value is -2.37. The van der Waals surface area contributed by atoms with E-state index in [0.29, 0.717) is 22.0 Å². The van der Waals surface area contributed by atoms with Gasteiger partial charge in [-0.05, 0) is 43.2 Å². The fourth-order valence-electron chi connectivity index (χ4n) is 2.71. The van der Waals surface area contributed by atoms with E-state index in [9.17, 15) is 0 Å². The molecule has 2 aromatic carbocycles. The molecule has 0 saturated heterocycles. The standard InChI is InChI=1S/C20H16ClN3OS/c1-12-8-9-15-10-16(18(21)22-17(15)13(12)2)11-26-20-24-23-19(25-20)14-6-4-3-5-7-14/h3-10H,11H2,1-2H3. The number of pyridine rings is 1. The Labute approximate surface area is 160 Å². The van der Waals surface area contributed by atoms with Crippen molar-refractivity contribution in [1.29, 1.82) is 0 Å². The van der Waals surface area contributed by atoms with Gasteiger partial charge >= 0.3 is 0 Å². The van der Waals surface area contributed by atoms with Crippen molar-refractivity contribution in [2.75, 3.05) is 0 Å². The van der Waals surface area contributed by atoms with E-state index in [2.05, 4.69) is 47.2 Å². The lowest BCUT2D eigenvalue weighted by molar-refractivity contribution is 0.466. The summed E-state index contributed by atoms with van der Waals surface area (Å²) in [6.07, 6.45) is 0. The molecular weight excluding hydrogens is 366 g/mol. The van der Waals surface area contributed by atoms with Crippen LogP contribution in [0.1, 0.15) is 16.7 Å². The van der Waals surface area contributed by atoms with Crippen LogP contribution in [0.15, 0.2) is 58.2 Å². The van der Waals surface area contributed by atoms with Gasteiger partial charge in [-0.2, -0.15) is 0 Å². The summed E-state index contributed by atoms with van der Waals surface area (Å²) in [5.41, 5.74) is 5.18. The molecule has 0 aliphatic heterocycles. The van der Waals surface area contributed by atoms with Crippen molar-refractivity contribution < 1.29 is 4.42 Å². The van der Waals surface area contributed by atoms with Crippen molar-refractivity contribution in [2.24, 2.45) is 0 Å². The van der Waals surface area contributed by atoms with Gasteiger partial charge in [-0.15, -0.1) is 10.2 Å². The third-order valence-electron chi connectivity index (χ3n) is 4.32. The first-order chi connectivity index (χ1) is 12.6. The van der Waals surface area contributed by atoms with E-state index in [1.165, 1.54) is 17.3 Å². The van der Waals surface area contributed by atoms with Crippen molar-refractivity contribution in [2.45, 2.75) is 24.8 Å². The summed E-state index contributed by atoms with van der Waals surface area (Å²) in [5, 5.41) is 10.3. The highest BCUT2D eigenvalue weighted by Gasteiger charge is 2.12. The zero-order chi connectivity index (χ0) is 18.1. The molecule has 130 valence electrons. The Morgan fingerprint density at radius 3 is 2.65 bits per heavy atom. The lowest BCUT2D eigenvalue weighted by atomic mass is 10.0. The summed E-state index contributed by atoms with van der Waals surface area (Å²) in [7, 11) is 0. The number of hydrogen-bond acceptors (Lipinski definition) is 5. The number of halogens is 1. The second-order valence-electron chi connectivity index (χ2n) is 6.05. The van der Waals surface area contributed by atoms with Gasteiger partial charge in [0.25, 0.3) is 5.22 Å². The van der Waals surface area contributed by atoms with Gasteiger partial charge in [0.05, 0.1) is 5.52 Å². The number of aromatic nitrogens is 3. The normalized spacial score (nSPS) is 11.2. The van der Waals surface area contributed by atoms with Gasteiger partial charge in [0.2, 0.25) is 5.89 Å². The lowest BCUT2D eigenvalue weighted by Gasteiger charge is -2.08. The Morgan fingerprint density at radius 2 is 1.85 bits per heavy atom. The quantitative estimate of drug-likeness (QED) is 0.328. The van der Waals surface area contributed by atoms with Crippen molar-refractivity contribution >= 4 is 34.3 Å². The monoisotopic (exact) mass is 381 g/mol. The summed E-state index contributed by atoms with van der Waals surface area (Å²) < 4.78 is 5.73. The number of rotatable bonds is 4. The van der Waals surface area contributed by atoms with Gasteiger partial charge < -0.3 is 4.42 Å². The molecule has 26 heavy (non-hydrogen) atoms. The Balaban J connectivity index is 1.56. The molecule has 0 spiro atoms. The molecule has 0 aliphatic carbocycles. The van der Waals surface area contributed by atoms with Crippen LogP contribution < -0.4 is 0 Å². The summed E-state index contributed by atoms with van der Waals surface area (Å²) in [5.74, 6) is 1.13. The third kappa shape index (κ3) is 3.32. The van der Waals surface area contributed by atoms with Gasteiger partial charge in [-0.25, -0.2) is 4.98 Å². The van der Waals surface area contributed by atoms with E-state index in [-0.39, 0.29) is 0 Å². The van der Waals surface area contributed by atoms with Crippen molar-refractivity contribution in [3.8, 4) is 11.5 Å². The van der Waals surface area contributed by atoms with Crippen LogP contribution in [0.5, 0.6) is 0 Å². The molecule has 0 fully saturated rings. The average molecular weight is 382 g/mol. The predicted molar refractivity (Wildman–Crippen MR) is 106 cm³/mol. The fourth-order valence-corrected chi connectivity index (χ4v) is 3.73. The largest absolute Gasteiger partial charge is 0.411 e. The molecule has 0 saturated carbocycles. The van der Waals surface area contributed by atoms with E-state index in [4.69, 9.17) is 16.0 Å². The molecule has 2 aromatic heterocycles. The molecule has 0 bridgehead atoms. The smallest absolute Gasteiger partial charge is 0.277 e. The number of thioether (sulfide) groups is 1. The van der Waals surface area contributed by atoms with Crippen molar-refractivity contribution in [1.82, 2.24) is 15.2 Å². The highest BCUT2D eigenvalue weighted by Crippen LogP contribution is 2.30. The van der Waals surface area contributed by atoms with Crippen LogP contribution in [0.3, 0.4) is 0 Å². The van der Waals surface area contributed by atoms with Gasteiger partial charge in [-0.1, -0.05) is 53.7 Å². The zero-order valence-electron chi connectivity index (χ0n) is 14.4. The molecule has 2 heterocycles. The van der Waals surface area contributed by atoms with E-state index in [1.54, 1.807) is 0 Å². The minimum Gasteiger partial charge on any atom is -0.411 e. The lowest BCUT2D eigenvalue weighted by Crippen LogP contribution is -1.92. The number of hydrogen-bond donors (Lipinski definition) is 0. The summed E-state index contributed by atoms with van der Waals surface area (Å²) in [6.45, 7) is 4.15. The van der Waals surface area contributed by atoms with Crippen LogP contribution >= 0.6 is 23.4 Å². The maximum absolute atomic E-state index is 6.40. The molecule has 0 N–H and O–H groups in total. The third-order valence-corrected chi connectivity index (χ3v) is 5.51. The maximum Gasteiger partial charge on any atom is 0.277 e. The fraction of sp³-hybridized carbons (Fsp3) is 0.150. The van der Waals surface area contributed by atoms with Crippen LogP contribution in [-0.4, -0.2) is 15.2 Å². The first-order valence-electron chi connectivity index (χ1n) is 8.19. The van der Waals surface area contributed by atoms with E-state index < -0.39 is 0 Å². The zero-order valence-corrected chi connectivity index (χ0v) is 15.9. The molecule has 0 atom stereocenters. The van der Waals surface area contributed by atoms with Gasteiger partial charge in [0.1, 0.15) is 5.15 Å². The molecule has 0 aliphatic rings. The first kappa shape index (κ1) is 17.1. The van der Waals surface area contributed by atoms with E-state index in [1.807, 2.05) is 30.3 Å². The van der Waals surface area contributed by atoms with E-state index >= 15 is 0 Å². The van der Waals surface area contributed by atoms with Gasteiger partial charge in [-0.3, -0.25) is 0 Å². The molecule has 0 radical (unpaired) electrons. The van der Waals surface area contributed by atoms with Crippen molar-refractivity contribution in [3.05, 3.63) is 70.4 Å². The van der Waals surface area contributed by atoms with Crippen LogP contribution in [0, 0.1) is 13.8 Å². The first-order valence-corrected chi connectivity index (χ1v) is 9.55. The molecule has 4 nitrogen and oxygen atoms in total. The Morgan fingerprint density at radius 1 is 1.04 bits per heavy atom. The molecule has 0 amide bonds. The topological polar surface area (TPSA) is 51.8 Å². The molecule has 4 aromatic rings. The van der Waals surface area contributed by atoms with Crippen molar-refractivity contribution in [3.63, 3.8) is 0 Å². The Bertz CT molecular complexity index is 1080. The highest BCUT2D eigenvalue weighted by molar-refractivity contribution is 7.98. The Kier molecular flexibility index (Phi) is 4.66. The summed E-state index contributed by atoms with van der Waals surface area (Å²) in [6, 6.07) is 16.0. The molecule has 0 unspecified atom stereocenters. The number of nitrogens with zero attached hydrogens (tertiary/aromatic N) is 3. The minimum atomic E-state index is 0.514. The number of fused-ring (bicyclic) bond motifs is 1. The molecule has 6 heteroatoms. The number of benzene rings is 2. The predicted octanol–water partition coefficient (Wildman–Crippen LogP) is 5.85.